The highest BCUT2D eigenvalue weighted by Crippen LogP contribution is 2.36. The SMILES string of the molecule is O=Nc1cccc(CSC2CC2)c1. The van der Waals surface area contributed by atoms with Crippen LogP contribution in [0, 0.1) is 4.91 Å². The van der Waals surface area contributed by atoms with Crippen molar-refractivity contribution in [1.29, 1.82) is 0 Å². The zero-order valence-electron chi connectivity index (χ0n) is 7.27. The van der Waals surface area contributed by atoms with Gasteiger partial charge in [-0.2, -0.15) is 11.8 Å². The topological polar surface area (TPSA) is 29.4 Å². The molecule has 1 aliphatic rings. The molecule has 1 saturated carbocycles. The third kappa shape index (κ3) is 2.56. The first-order chi connectivity index (χ1) is 6.38. The summed E-state index contributed by atoms with van der Waals surface area (Å²) in [6.07, 6.45) is 2.71. The first-order valence-corrected chi connectivity index (χ1v) is 5.47. The highest BCUT2D eigenvalue weighted by molar-refractivity contribution is 7.99. The van der Waals surface area contributed by atoms with E-state index >= 15 is 0 Å². The van der Waals surface area contributed by atoms with Crippen molar-refractivity contribution in [1.82, 2.24) is 0 Å². The lowest BCUT2D eigenvalue weighted by molar-refractivity contribution is 1.36. The Hall–Kier alpha value is -0.830. The van der Waals surface area contributed by atoms with Crippen molar-refractivity contribution in [2.24, 2.45) is 5.18 Å². The summed E-state index contributed by atoms with van der Waals surface area (Å²) < 4.78 is 0. The van der Waals surface area contributed by atoms with Crippen LogP contribution in [0.3, 0.4) is 0 Å². The molecule has 0 radical (unpaired) electrons. The molecule has 0 heterocycles. The number of nitrogens with zero attached hydrogens (tertiary/aromatic N) is 1. The summed E-state index contributed by atoms with van der Waals surface area (Å²) in [5.41, 5.74) is 1.74. The molecule has 13 heavy (non-hydrogen) atoms. The normalized spacial score (nSPS) is 15.7. The van der Waals surface area contributed by atoms with Gasteiger partial charge in [0, 0.05) is 11.0 Å². The van der Waals surface area contributed by atoms with Crippen LogP contribution in [0.25, 0.3) is 0 Å². The Morgan fingerprint density at radius 1 is 1.46 bits per heavy atom. The molecular formula is C10H11NOS. The highest BCUT2D eigenvalue weighted by atomic mass is 32.2. The van der Waals surface area contributed by atoms with Crippen molar-refractivity contribution < 1.29 is 0 Å². The molecule has 0 aliphatic heterocycles. The Labute approximate surface area is 81.7 Å². The number of nitroso groups, excluding NO2 is 1. The van der Waals surface area contributed by atoms with E-state index in [9.17, 15) is 4.91 Å². The van der Waals surface area contributed by atoms with Gasteiger partial charge in [-0.15, -0.1) is 4.91 Å². The molecule has 0 spiro atoms. The zero-order chi connectivity index (χ0) is 9.10. The molecule has 0 amide bonds. The van der Waals surface area contributed by atoms with Crippen molar-refractivity contribution in [2.75, 3.05) is 0 Å². The third-order valence-electron chi connectivity index (χ3n) is 2.03. The van der Waals surface area contributed by atoms with Crippen molar-refractivity contribution in [3.05, 3.63) is 34.7 Å². The van der Waals surface area contributed by atoms with E-state index < -0.39 is 0 Å². The molecule has 0 unspecified atom stereocenters. The molecule has 2 nitrogen and oxygen atoms in total. The Morgan fingerprint density at radius 3 is 3.00 bits per heavy atom. The van der Waals surface area contributed by atoms with Crippen LogP contribution < -0.4 is 0 Å². The maximum Gasteiger partial charge on any atom is 0.108 e. The lowest BCUT2D eigenvalue weighted by atomic mass is 10.2. The number of hydrogen-bond donors (Lipinski definition) is 0. The summed E-state index contributed by atoms with van der Waals surface area (Å²) in [5, 5.41) is 3.78. The average molecular weight is 193 g/mol. The maximum atomic E-state index is 10.3. The van der Waals surface area contributed by atoms with Crippen LogP contribution in [0.15, 0.2) is 29.4 Å². The Morgan fingerprint density at radius 2 is 2.31 bits per heavy atom. The van der Waals surface area contributed by atoms with Gasteiger partial charge in [0.15, 0.2) is 0 Å². The first kappa shape index (κ1) is 8.75. The van der Waals surface area contributed by atoms with Crippen LogP contribution in [0.1, 0.15) is 18.4 Å². The van der Waals surface area contributed by atoms with E-state index in [-0.39, 0.29) is 0 Å². The van der Waals surface area contributed by atoms with E-state index in [4.69, 9.17) is 0 Å². The van der Waals surface area contributed by atoms with Gasteiger partial charge in [-0.25, -0.2) is 0 Å². The fourth-order valence-electron chi connectivity index (χ4n) is 1.15. The van der Waals surface area contributed by atoms with E-state index in [0.717, 1.165) is 11.0 Å². The van der Waals surface area contributed by atoms with E-state index in [0.29, 0.717) is 5.69 Å². The Bertz CT molecular complexity index is 310. The van der Waals surface area contributed by atoms with E-state index in [1.807, 2.05) is 30.0 Å². The van der Waals surface area contributed by atoms with Gasteiger partial charge < -0.3 is 0 Å². The summed E-state index contributed by atoms with van der Waals surface area (Å²) in [6, 6.07) is 7.53. The standard InChI is InChI=1S/C10H11NOS/c12-11-9-3-1-2-8(6-9)7-13-10-4-5-10/h1-3,6,10H,4-5,7H2. The molecule has 2 rings (SSSR count). The van der Waals surface area contributed by atoms with Crippen LogP contribution in [0.4, 0.5) is 5.69 Å². The minimum absolute atomic E-state index is 0.536. The number of benzene rings is 1. The minimum atomic E-state index is 0.536. The summed E-state index contributed by atoms with van der Waals surface area (Å²) in [5.74, 6) is 1.01. The molecule has 0 aromatic heterocycles. The Balaban J connectivity index is 1.97. The summed E-state index contributed by atoms with van der Waals surface area (Å²) in [7, 11) is 0. The lowest BCUT2D eigenvalue weighted by Crippen LogP contribution is -1.81. The van der Waals surface area contributed by atoms with Crippen LogP contribution in [0.2, 0.25) is 0 Å². The van der Waals surface area contributed by atoms with Gasteiger partial charge in [-0.05, 0) is 35.7 Å². The van der Waals surface area contributed by atoms with E-state index in [2.05, 4.69) is 5.18 Å². The van der Waals surface area contributed by atoms with Crippen LogP contribution >= 0.6 is 11.8 Å². The van der Waals surface area contributed by atoms with Gasteiger partial charge in [0.2, 0.25) is 0 Å². The molecule has 1 fully saturated rings. The zero-order valence-corrected chi connectivity index (χ0v) is 8.09. The van der Waals surface area contributed by atoms with E-state index in [1.165, 1.54) is 18.4 Å². The number of rotatable bonds is 4. The van der Waals surface area contributed by atoms with Crippen molar-refractivity contribution in [3.8, 4) is 0 Å². The molecule has 0 bridgehead atoms. The van der Waals surface area contributed by atoms with Gasteiger partial charge >= 0.3 is 0 Å². The molecule has 1 aromatic rings. The molecule has 0 saturated heterocycles. The predicted molar refractivity (Wildman–Crippen MR) is 56.2 cm³/mol. The molecule has 0 N–H and O–H groups in total. The quantitative estimate of drug-likeness (QED) is 0.685. The van der Waals surface area contributed by atoms with Crippen LogP contribution in [0.5, 0.6) is 0 Å². The number of thioether (sulfide) groups is 1. The third-order valence-corrected chi connectivity index (χ3v) is 3.47. The van der Waals surface area contributed by atoms with Crippen LogP contribution in [-0.2, 0) is 5.75 Å². The summed E-state index contributed by atoms with van der Waals surface area (Å²) in [4.78, 5) is 10.3. The van der Waals surface area contributed by atoms with Gasteiger partial charge in [0.05, 0.1) is 0 Å². The first-order valence-electron chi connectivity index (χ1n) is 4.42. The summed E-state index contributed by atoms with van der Waals surface area (Å²) >= 11 is 1.97. The Kier molecular flexibility index (Phi) is 2.64. The second-order valence-corrected chi connectivity index (χ2v) is 4.56. The molecule has 0 atom stereocenters. The fourth-order valence-corrected chi connectivity index (χ4v) is 2.23. The second-order valence-electron chi connectivity index (χ2n) is 3.27. The largest absolute Gasteiger partial charge is 0.154 e. The molecule has 1 aliphatic carbocycles. The van der Waals surface area contributed by atoms with Gasteiger partial charge in [0.1, 0.15) is 5.69 Å². The smallest absolute Gasteiger partial charge is 0.108 e. The molecule has 68 valence electrons. The summed E-state index contributed by atoms with van der Waals surface area (Å²) in [6.45, 7) is 0. The van der Waals surface area contributed by atoms with Crippen molar-refractivity contribution >= 4 is 17.4 Å². The molecule has 3 heteroatoms. The van der Waals surface area contributed by atoms with Crippen molar-refractivity contribution in [2.45, 2.75) is 23.8 Å². The fraction of sp³-hybridized carbons (Fsp3) is 0.400. The number of hydrogen-bond acceptors (Lipinski definition) is 3. The monoisotopic (exact) mass is 193 g/mol. The molecular weight excluding hydrogens is 182 g/mol. The predicted octanol–water partition coefficient (Wildman–Crippen LogP) is 3.48. The minimum Gasteiger partial charge on any atom is -0.154 e. The highest BCUT2D eigenvalue weighted by Gasteiger charge is 2.21. The van der Waals surface area contributed by atoms with Gasteiger partial charge in [0.25, 0.3) is 0 Å². The van der Waals surface area contributed by atoms with E-state index in [1.54, 1.807) is 6.07 Å². The maximum absolute atomic E-state index is 10.3. The second kappa shape index (κ2) is 3.92. The van der Waals surface area contributed by atoms with Crippen LogP contribution in [-0.4, -0.2) is 5.25 Å². The lowest BCUT2D eigenvalue weighted by Gasteiger charge is -1.99. The molecule has 1 aromatic carbocycles. The average Bonchev–Trinajstić information content (AvgIpc) is 2.99. The van der Waals surface area contributed by atoms with Gasteiger partial charge in [-0.1, -0.05) is 12.1 Å². The van der Waals surface area contributed by atoms with Gasteiger partial charge in [-0.3, -0.25) is 0 Å². The van der Waals surface area contributed by atoms with Crippen molar-refractivity contribution in [3.63, 3.8) is 0 Å².